The number of hydrogen-bond donors (Lipinski definition) is 2. The lowest BCUT2D eigenvalue weighted by molar-refractivity contribution is 0.0634. The Bertz CT molecular complexity index is 619. The van der Waals surface area contributed by atoms with Crippen LogP contribution in [-0.4, -0.2) is 26.9 Å². The summed E-state index contributed by atoms with van der Waals surface area (Å²) in [6.07, 6.45) is -0.588. The second-order valence-corrected chi connectivity index (χ2v) is 5.97. The molecule has 0 radical (unpaired) electrons. The Morgan fingerprint density at radius 2 is 2.05 bits per heavy atom. The van der Waals surface area contributed by atoms with E-state index in [1.165, 1.54) is 0 Å². The highest BCUT2D eigenvalue weighted by Crippen LogP contribution is 2.25. The number of benzene rings is 1. The van der Waals surface area contributed by atoms with Crippen LogP contribution < -0.4 is 5.32 Å². The number of H-pyrrole nitrogens is 1. The van der Waals surface area contributed by atoms with E-state index in [4.69, 9.17) is 4.74 Å². The number of halogens is 1. The number of aromatic amines is 1. The highest BCUT2D eigenvalue weighted by molar-refractivity contribution is 9.10. The van der Waals surface area contributed by atoms with Crippen molar-refractivity contribution >= 4 is 28.0 Å². The molecule has 1 heterocycles. The maximum Gasteiger partial charge on any atom is 0.414 e. The lowest BCUT2D eigenvalue weighted by atomic mass is 10.2. The number of amides is 1. The van der Waals surface area contributed by atoms with Crippen LogP contribution >= 0.6 is 15.9 Å². The number of carbonyl (C=O) groups is 1. The molecule has 1 amide bonds. The molecule has 0 bridgehead atoms. The summed E-state index contributed by atoms with van der Waals surface area (Å²) in [5.41, 5.74) is 0.295. The maximum absolute atomic E-state index is 11.6. The molecule has 2 aromatic rings. The standard InChI is InChI=1S/C13H15BrN4O2/c1-13(2,3)20-12(19)16-11-15-10(17-18-11)8-6-4-5-7-9(8)14/h4-7H,1-3H3,(H2,15,16,17,18,19). The van der Waals surface area contributed by atoms with E-state index in [9.17, 15) is 4.79 Å². The molecule has 0 saturated heterocycles. The van der Waals surface area contributed by atoms with E-state index in [1.807, 2.05) is 24.3 Å². The van der Waals surface area contributed by atoms with Gasteiger partial charge in [0.05, 0.1) is 0 Å². The van der Waals surface area contributed by atoms with Crippen molar-refractivity contribution in [2.24, 2.45) is 0 Å². The minimum atomic E-state index is -0.588. The average molecular weight is 339 g/mol. The number of ether oxygens (including phenoxy) is 1. The van der Waals surface area contributed by atoms with Gasteiger partial charge in [0.25, 0.3) is 5.95 Å². The molecule has 0 saturated carbocycles. The molecule has 0 aliphatic rings. The maximum atomic E-state index is 11.6. The fourth-order valence-electron chi connectivity index (χ4n) is 1.49. The molecule has 2 N–H and O–H groups in total. The first-order valence-corrected chi connectivity index (χ1v) is 6.82. The van der Waals surface area contributed by atoms with Gasteiger partial charge >= 0.3 is 6.09 Å². The molecule has 1 aromatic carbocycles. The normalized spacial score (nSPS) is 11.2. The number of rotatable bonds is 2. The first-order valence-electron chi connectivity index (χ1n) is 6.02. The van der Waals surface area contributed by atoms with Crippen molar-refractivity contribution in [1.29, 1.82) is 0 Å². The summed E-state index contributed by atoms with van der Waals surface area (Å²) in [5, 5.41) is 9.18. The number of hydrogen-bond acceptors (Lipinski definition) is 4. The molecule has 6 nitrogen and oxygen atoms in total. The van der Waals surface area contributed by atoms with Crippen molar-refractivity contribution < 1.29 is 9.53 Å². The van der Waals surface area contributed by atoms with Crippen LogP contribution in [0.15, 0.2) is 28.7 Å². The highest BCUT2D eigenvalue weighted by Gasteiger charge is 2.18. The van der Waals surface area contributed by atoms with Crippen molar-refractivity contribution in [2.75, 3.05) is 5.32 Å². The van der Waals surface area contributed by atoms with Gasteiger partial charge in [0.1, 0.15) is 5.60 Å². The largest absolute Gasteiger partial charge is 0.444 e. The minimum absolute atomic E-state index is 0.171. The zero-order valence-corrected chi connectivity index (χ0v) is 13.0. The molecule has 1 aromatic heterocycles. The Balaban J connectivity index is 2.10. The fourth-order valence-corrected chi connectivity index (χ4v) is 1.96. The third-order valence-electron chi connectivity index (χ3n) is 2.23. The van der Waals surface area contributed by atoms with Crippen LogP contribution in [0, 0.1) is 0 Å². The Labute approximate surface area is 125 Å². The lowest BCUT2D eigenvalue weighted by Crippen LogP contribution is -2.27. The van der Waals surface area contributed by atoms with Crippen LogP contribution in [0.3, 0.4) is 0 Å². The third kappa shape index (κ3) is 3.80. The smallest absolute Gasteiger partial charge is 0.414 e. The Hall–Kier alpha value is -1.89. The van der Waals surface area contributed by atoms with E-state index in [0.717, 1.165) is 10.0 Å². The van der Waals surface area contributed by atoms with Gasteiger partial charge in [0, 0.05) is 10.0 Å². The fraction of sp³-hybridized carbons (Fsp3) is 0.308. The SMILES string of the molecule is CC(C)(C)OC(=O)Nc1n[nH]c(-c2ccccc2Br)n1. The van der Waals surface area contributed by atoms with Gasteiger partial charge in [-0.15, -0.1) is 5.10 Å². The number of nitrogens with zero attached hydrogens (tertiary/aromatic N) is 2. The number of aromatic nitrogens is 3. The number of carbonyl (C=O) groups excluding carboxylic acids is 1. The van der Waals surface area contributed by atoms with Crippen LogP contribution in [0.4, 0.5) is 10.7 Å². The summed E-state index contributed by atoms with van der Waals surface area (Å²) in [6.45, 7) is 5.37. The quantitative estimate of drug-likeness (QED) is 0.876. The molecular weight excluding hydrogens is 324 g/mol. The van der Waals surface area contributed by atoms with Gasteiger partial charge < -0.3 is 4.74 Å². The van der Waals surface area contributed by atoms with Crippen LogP contribution in [0.5, 0.6) is 0 Å². The van der Waals surface area contributed by atoms with Gasteiger partial charge in [0.2, 0.25) is 0 Å². The topological polar surface area (TPSA) is 79.9 Å². The zero-order valence-electron chi connectivity index (χ0n) is 11.4. The molecule has 0 unspecified atom stereocenters. The monoisotopic (exact) mass is 338 g/mol. The van der Waals surface area contributed by atoms with Crippen LogP contribution in [-0.2, 0) is 4.74 Å². The van der Waals surface area contributed by atoms with Gasteiger partial charge in [-0.1, -0.05) is 34.1 Å². The molecule has 20 heavy (non-hydrogen) atoms. The summed E-state index contributed by atoms with van der Waals surface area (Å²) in [4.78, 5) is 15.8. The van der Waals surface area contributed by atoms with Crippen molar-refractivity contribution in [3.8, 4) is 11.4 Å². The molecular formula is C13H15BrN4O2. The van der Waals surface area contributed by atoms with Crippen molar-refractivity contribution in [2.45, 2.75) is 26.4 Å². The molecule has 7 heteroatoms. The Morgan fingerprint density at radius 1 is 1.35 bits per heavy atom. The highest BCUT2D eigenvalue weighted by atomic mass is 79.9. The summed E-state index contributed by atoms with van der Waals surface area (Å²) in [5.74, 6) is 0.730. The van der Waals surface area contributed by atoms with Gasteiger partial charge in [0.15, 0.2) is 5.82 Å². The number of anilines is 1. The van der Waals surface area contributed by atoms with E-state index in [1.54, 1.807) is 20.8 Å². The molecule has 0 atom stereocenters. The first kappa shape index (κ1) is 14.5. The molecule has 0 aliphatic heterocycles. The van der Waals surface area contributed by atoms with E-state index >= 15 is 0 Å². The predicted octanol–water partition coefficient (Wildman–Crippen LogP) is 3.58. The molecule has 106 valence electrons. The third-order valence-corrected chi connectivity index (χ3v) is 2.92. The molecule has 2 rings (SSSR count). The second-order valence-electron chi connectivity index (χ2n) is 5.11. The van der Waals surface area contributed by atoms with Crippen LogP contribution in [0.2, 0.25) is 0 Å². The van der Waals surface area contributed by atoms with Gasteiger partial charge in [-0.25, -0.2) is 4.79 Å². The van der Waals surface area contributed by atoms with Crippen LogP contribution in [0.1, 0.15) is 20.8 Å². The van der Waals surface area contributed by atoms with Gasteiger partial charge in [-0.05, 0) is 26.8 Å². The predicted molar refractivity (Wildman–Crippen MR) is 79.4 cm³/mol. The van der Waals surface area contributed by atoms with Gasteiger partial charge in [-0.2, -0.15) is 4.98 Å². The van der Waals surface area contributed by atoms with E-state index in [2.05, 4.69) is 36.4 Å². The summed E-state index contributed by atoms with van der Waals surface area (Å²) in [7, 11) is 0. The average Bonchev–Trinajstić information content (AvgIpc) is 2.75. The minimum Gasteiger partial charge on any atom is -0.444 e. The van der Waals surface area contributed by atoms with Gasteiger partial charge in [-0.3, -0.25) is 10.4 Å². The molecule has 0 fully saturated rings. The number of nitrogens with one attached hydrogen (secondary N) is 2. The lowest BCUT2D eigenvalue weighted by Gasteiger charge is -2.18. The van der Waals surface area contributed by atoms with E-state index in [-0.39, 0.29) is 5.95 Å². The molecule has 0 aliphatic carbocycles. The molecule has 0 spiro atoms. The van der Waals surface area contributed by atoms with E-state index < -0.39 is 11.7 Å². The Morgan fingerprint density at radius 3 is 2.70 bits per heavy atom. The van der Waals surface area contributed by atoms with Crippen molar-refractivity contribution in [1.82, 2.24) is 15.2 Å². The summed E-state index contributed by atoms with van der Waals surface area (Å²) < 4.78 is 6.02. The van der Waals surface area contributed by atoms with Crippen molar-refractivity contribution in [3.63, 3.8) is 0 Å². The first-order chi connectivity index (χ1) is 9.35. The van der Waals surface area contributed by atoms with E-state index in [0.29, 0.717) is 5.82 Å². The summed E-state index contributed by atoms with van der Waals surface area (Å²) in [6, 6.07) is 7.59. The second kappa shape index (κ2) is 5.62. The van der Waals surface area contributed by atoms with Crippen molar-refractivity contribution in [3.05, 3.63) is 28.7 Å². The Kier molecular flexibility index (Phi) is 4.08. The zero-order chi connectivity index (χ0) is 14.8. The summed E-state index contributed by atoms with van der Waals surface area (Å²) >= 11 is 3.43. The van der Waals surface area contributed by atoms with Crippen LogP contribution in [0.25, 0.3) is 11.4 Å².